The van der Waals surface area contributed by atoms with E-state index in [-0.39, 0.29) is 17.0 Å². The summed E-state index contributed by atoms with van der Waals surface area (Å²) in [6.45, 7) is 1.87. The van der Waals surface area contributed by atoms with Crippen LogP contribution in [0.15, 0.2) is 48.5 Å². The van der Waals surface area contributed by atoms with E-state index in [1.165, 1.54) is 24.3 Å². The van der Waals surface area contributed by atoms with Crippen molar-refractivity contribution in [3.05, 3.63) is 59.7 Å². The van der Waals surface area contributed by atoms with E-state index in [2.05, 4.69) is 0 Å². The Labute approximate surface area is 201 Å². The summed E-state index contributed by atoms with van der Waals surface area (Å²) in [4.78, 5) is 59.6. The molecule has 2 N–H and O–H groups in total. The van der Waals surface area contributed by atoms with E-state index in [1.54, 1.807) is 24.3 Å². The minimum atomic E-state index is -2.18. The molecule has 1 aliphatic carbocycles. The predicted octanol–water partition coefficient (Wildman–Crippen LogP) is 2.32. The maximum absolute atomic E-state index is 13.8. The summed E-state index contributed by atoms with van der Waals surface area (Å²) in [6.07, 6.45) is 1.74. The number of benzene rings is 2. The first-order valence-corrected chi connectivity index (χ1v) is 11.5. The van der Waals surface area contributed by atoms with Gasteiger partial charge < -0.3 is 9.94 Å². The Morgan fingerprint density at radius 1 is 1.00 bits per heavy atom. The van der Waals surface area contributed by atoms with Crippen LogP contribution in [0, 0.1) is 6.92 Å². The van der Waals surface area contributed by atoms with Gasteiger partial charge in [-0.1, -0.05) is 47.7 Å². The maximum atomic E-state index is 13.8. The van der Waals surface area contributed by atoms with Crippen LogP contribution >= 0.6 is 0 Å². The van der Waals surface area contributed by atoms with Gasteiger partial charge in [-0.3, -0.25) is 24.5 Å². The van der Waals surface area contributed by atoms with E-state index in [0.29, 0.717) is 17.9 Å². The highest BCUT2D eigenvalue weighted by Crippen LogP contribution is 2.47. The van der Waals surface area contributed by atoms with Crippen molar-refractivity contribution in [1.82, 2.24) is 10.1 Å². The summed E-state index contributed by atoms with van der Waals surface area (Å²) < 4.78 is 0. The lowest BCUT2D eigenvalue weighted by molar-refractivity contribution is -0.279. The Morgan fingerprint density at radius 2 is 1.66 bits per heavy atom. The number of phenols is 1. The molecule has 3 atom stereocenters. The number of amides is 2. The van der Waals surface area contributed by atoms with Gasteiger partial charge in [-0.05, 0) is 44.0 Å². The number of carbonyl (C=O) groups excluding carboxylic acids is 4. The Kier molecular flexibility index (Phi) is 5.57. The third kappa shape index (κ3) is 3.48. The zero-order chi connectivity index (χ0) is 24.9. The first-order chi connectivity index (χ1) is 16.8. The fourth-order valence-electron chi connectivity index (χ4n) is 5.31. The number of rotatable bonds is 3. The molecule has 0 bridgehead atoms. The van der Waals surface area contributed by atoms with Crippen molar-refractivity contribution in [1.29, 1.82) is 0 Å². The number of nitrogens with zero attached hydrogens (tertiary/aromatic N) is 3. The number of aryl methyl sites for hydroxylation is 1. The van der Waals surface area contributed by atoms with Crippen LogP contribution in [0.2, 0.25) is 0 Å². The highest BCUT2D eigenvalue weighted by molar-refractivity contribution is 6.46. The Hall–Kier alpha value is -3.76. The molecule has 10 heteroatoms. The van der Waals surface area contributed by atoms with E-state index >= 15 is 0 Å². The van der Waals surface area contributed by atoms with Crippen molar-refractivity contribution in [2.45, 2.75) is 56.8 Å². The zero-order valence-electron chi connectivity index (χ0n) is 19.1. The first kappa shape index (κ1) is 23.0. The molecule has 3 fully saturated rings. The average Bonchev–Trinajstić information content (AvgIpc) is 3.12. The van der Waals surface area contributed by atoms with Crippen molar-refractivity contribution >= 4 is 29.3 Å². The number of fused-ring (bicyclic) bond motifs is 1. The van der Waals surface area contributed by atoms with E-state index in [9.17, 15) is 29.5 Å². The number of anilines is 1. The molecule has 2 amide bonds. The molecule has 2 saturated heterocycles. The van der Waals surface area contributed by atoms with Crippen molar-refractivity contribution < 1.29 is 34.3 Å². The SMILES string of the molecule is Cc1ccc(C(=O)ON2C3CCCCC3N(O)C(=O)C23CC(=O)C(=O)N3c2ccccc2O)cc1. The van der Waals surface area contributed by atoms with Gasteiger partial charge in [-0.2, -0.15) is 0 Å². The molecule has 0 radical (unpaired) electrons. The normalized spacial score (nSPS) is 26.9. The minimum Gasteiger partial charge on any atom is -0.506 e. The van der Waals surface area contributed by atoms with Gasteiger partial charge in [0.15, 0.2) is 0 Å². The summed E-state index contributed by atoms with van der Waals surface area (Å²) in [7, 11) is 0. The molecule has 2 aliphatic heterocycles. The third-order valence-corrected chi connectivity index (χ3v) is 7.03. The van der Waals surface area contributed by atoms with E-state index in [1.807, 2.05) is 6.92 Å². The zero-order valence-corrected chi connectivity index (χ0v) is 19.1. The number of para-hydroxylation sites is 2. The molecule has 1 spiro atoms. The standard InChI is InChI=1S/C25H25N3O7/c1-15-10-12-16(13-11-15)23(32)35-28-18-7-3-2-6-17(18)27(34)24(33)25(28)14-21(30)22(31)26(25)19-8-4-5-9-20(19)29/h4-5,8-13,17-18,29,34H,2-3,6-7,14H2,1H3. The smallest absolute Gasteiger partial charge is 0.357 e. The van der Waals surface area contributed by atoms with Crippen LogP contribution in [0.4, 0.5) is 5.69 Å². The second kappa shape index (κ2) is 8.47. The fourth-order valence-corrected chi connectivity index (χ4v) is 5.31. The van der Waals surface area contributed by atoms with Crippen molar-refractivity contribution in [2.75, 3.05) is 4.90 Å². The molecule has 2 heterocycles. The minimum absolute atomic E-state index is 0.101. The number of Topliss-reactive ketones (excluding diaryl/α,β-unsaturated/α-hetero) is 1. The number of piperazine rings is 1. The Morgan fingerprint density at radius 3 is 2.34 bits per heavy atom. The number of phenolic OH excluding ortho intramolecular Hbond substituents is 1. The van der Waals surface area contributed by atoms with Crippen LogP contribution in [-0.2, 0) is 19.2 Å². The molecule has 1 saturated carbocycles. The van der Waals surface area contributed by atoms with Crippen molar-refractivity contribution in [3.8, 4) is 5.75 Å². The average molecular weight is 479 g/mol. The number of hydrogen-bond acceptors (Lipinski definition) is 8. The maximum Gasteiger partial charge on any atom is 0.357 e. The van der Waals surface area contributed by atoms with Crippen LogP contribution in [0.1, 0.15) is 48.0 Å². The summed E-state index contributed by atoms with van der Waals surface area (Å²) in [5.74, 6) is -4.03. The summed E-state index contributed by atoms with van der Waals surface area (Å²) in [5.41, 5.74) is -1.12. The van der Waals surface area contributed by atoms with Crippen molar-refractivity contribution in [3.63, 3.8) is 0 Å². The van der Waals surface area contributed by atoms with Crippen molar-refractivity contribution in [2.24, 2.45) is 0 Å². The molecular formula is C25H25N3O7. The van der Waals surface area contributed by atoms with E-state index in [4.69, 9.17) is 4.84 Å². The van der Waals surface area contributed by atoms with Crippen LogP contribution in [-0.4, -0.2) is 61.8 Å². The van der Waals surface area contributed by atoms with Gasteiger partial charge in [0.25, 0.3) is 11.8 Å². The number of carbonyl (C=O) groups is 4. The summed E-state index contributed by atoms with van der Waals surface area (Å²) in [5, 5.41) is 23.1. The molecule has 182 valence electrons. The fraction of sp³-hybridized carbons (Fsp3) is 0.360. The van der Waals surface area contributed by atoms with Crippen LogP contribution in [0.3, 0.4) is 0 Å². The molecule has 5 rings (SSSR count). The monoisotopic (exact) mass is 479 g/mol. The lowest BCUT2D eigenvalue weighted by Gasteiger charge is -2.55. The Bertz CT molecular complexity index is 1210. The molecular weight excluding hydrogens is 454 g/mol. The number of hydroxylamine groups is 4. The largest absolute Gasteiger partial charge is 0.506 e. The van der Waals surface area contributed by atoms with Gasteiger partial charge in [0.05, 0.1) is 29.8 Å². The van der Waals surface area contributed by atoms with Crippen LogP contribution in [0.25, 0.3) is 0 Å². The second-order valence-corrected chi connectivity index (χ2v) is 9.19. The van der Waals surface area contributed by atoms with E-state index < -0.39 is 47.7 Å². The van der Waals surface area contributed by atoms with E-state index in [0.717, 1.165) is 28.4 Å². The quantitative estimate of drug-likeness (QED) is 0.507. The first-order valence-electron chi connectivity index (χ1n) is 11.5. The molecule has 0 aromatic heterocycles. The van der Waals surface area contributed by atoms with Gasteiger partial charge in [0.2, 0.25) is 11.4 Å². The third-order valence-electron chi connectivity index (χ3n) is 7.03. The van der Waals surface area contributed by atoms with Crippen LogP contribution in [0.5, 0.6) is 5.75 Å². The molecule has 2 aromatic carbocycles. The van der Waals surface area contributed by atoms with Gasteiger partial charge in [-0.15, -0.1) is 0 Å². The molecule has 3 aliphatic rings. The lowest BCUT2D eigenvalue weighted by atomic mass is 9.84. The molecule has 10 nitrogen and oxygen atoms in total. The van der Waals surface area contributed by atoms with Gasteiger partial charge in [0.1, 0.15) is 5.75 Å². The highest BCUT2D eigenvalue weighted by Gasteiger charge is 2.69. The number of hydrogen-bond donors (Lipinski definition) is 2. The predicted molar refractivity (Wildman–Crippen MR) is 121 cm³/mol. The summed E-state index contributed by atoms with van der Waals surface area (Å²) in [6, 6.07) is 11.0. The highest BCUT2D eigenvalue weighted by atomic mass is 16.7. The summed E-state index contributed by atoms with van der Waals surface area (Å²) >= 11 is 0. The topological polar surface area (TPSA) is 128 Å². The number of ketones is 1. The molecule has 2 aromatic rings. The van der Waals surface area contributed by atoms with Gasteiger partial charge >= 0.3 is 5.97 Å². The Balaban J connectivity index is 1.66. The van der Waals surface area contributed by atoms with Gasteiger partial charge in [0, 0.05) is 0 Å². The second-order valence-electron chi connectivity index (χ2n) is 9.19. The lowest BCUT2D eigenvalue weighted by Crippen LogP contribution is -2.77. The van der Waals surface area contributed by atoms with Crippen LogP contribution < -0.4 is 4.90 Å². The molecule has 35 heavy (non-hydrogen) atoms. The van der Waals surface area contributed by atoms with Gasteiger partial charge in [-0.25, -0.2) is 9.86 Å². The molecule has 3 unspecified atom stereocenters. The number of aromatic hydroxyl groups is 1.